The second kappa shape index (κ2) is 6.25. The number of hydrogen-bond acceptors (Lipinski definition) is 4. The van der Waals surface area contributed by atoms with Crippen LogP contribution in [0.25, 0.3) is 0 Å². The monoisotopic (exact) mass is 368 g/mol. The summed E-state index contributed by atoms with van der Waals surface area (Å²) in [5.41, 5.74) is 3.54. The van der Waals surface area contributed by atoms with Crippen molar-refractivity contribution in [3.63, 3.8) is 0 Å². The number of nitrogens with zero attached hydrogens (tertiary/aromatic N) is 1. The summed E-state index contributed by atoms with van der Waals surface area (Å²) in [5, 5.41) is 14.9. The van der Waals surface area contributed by atoms with E-state index in [-0.39, 0.29) is 34.4 Å². The van der Waals surface area contributed by atoms with Crippen molar-refractivity contribution in [1.82, 2.24) is 0 Å². The molecule has 0 bridgehead atoms. The van der Waals surface area contributed by atoms with Gasteiger partial charge in [0.05, 0.1) is 11.0 Å². The topological polar surface area (TPSA) is 72.2 Å². The number of fused-ring (bicyclic) bond motifs is 3. The summed E-state index contributed by atoms with van der Waals surface area (Å²) < 4.78 is 0. The molecule has 4 rings (SSSR count). The largest absolute Gasteiger partial charge is 0.378 e. The molecular formula is C20H17ClN2O3. The Morgan fingerprint density at radius 1 is 1.27 bits per heavy atom. The average Bonchev–Trinajstić information content (AvgIpc) is 3.11. The summed E-state index contributed by atoms with van der Waals surface area (Å²) in [6.07, 6.45) is 5.19. The first-order valence-electron chi connectivity index (χ1n) is 8.47. The second-order valence-electron chi connectivity index (χ2n) is 6.80. The quantitative estimate of drug-likeness (QED) is 0.346. The first-order valence-corrected chi connectivity index (χ1v) is 8.85. The molecule has 0 saturated heterocycles. The molecule has 0 saturated carbocycles. The minimum Gasteiger partial charge on any atom is -0.378 e. The van der Waals surface area contributed by atoms with Crippen molar-refractivity contribution in [2.75, 3.05) is 5.32 Å². The minimum atomic E-state index is -0.452. The molecule has 1 aliphatic carbocycles. The Bertz CT molecular complexity index is 954. The molecule has 1 N–H and O–H groups in total. The Morgan fingerprint density at radius 3 is 2.81 bits per heavy atom. The smallest absolute Gasteiger partial charge is 0.288 e. The van der Waals surface area contributed by atoms with E-state index < -0.39 is 4.92 Å². The molecular weight excluding hydrogens is 352 g/mol. The Labute approximate surface area is 155 Å². The molecule has 2 aliphatic rings. The van der Waals surface area contributed by atoms with Crippen molar-refractivity contribution < 1.29 is 9.72 Å². The zero-order valence-electron chi connectivity index (χ0n) is 14.1. The molecule has 3 atom stereocenters. The van der Waals surface area contributed by atoms with Crippen LogP contribution in [-0.4, -0.2) is 10.7 Å². The van der Waals surface area contributed by atoms with Gasteiger partial charge in [0.2, 0.25) is 0 Å². The number of nitro benzene ring substituents is 1. The molecule has 0 spiro atoms. The molecule has 0 unspecified atom stereocenters. The van der Waals surface area contributed by atoms with E-state index in [1.54, 1.807) is 19.1 Å². The number of ketones is 1. The van der Waals surface area contributed by atoms with Crippen LogP contribution in [0.2, 0.25) is 5.02 Å². The van der Waals surface area contributed by atoms with Gasteiger partial charge < -0.3 is 5.32 Å². The number of allylic oxidation sites excluding steroid dienone is 2. The summed E-state index contributed by atoms with van der Waals surface area (Å²) in [4.78, 5) is 22.5. The molecule has 26 heavy (non-hydrogen) atoms. The molecule has 1 heterocycles. The molecule has 0 aromatic heterocycles. The van der Waals surface area contributed by atoms with Crippen molar-refractivity contribution in [3.05, 3.63) is 80.4 Å². The van der Waals surface area contributed by atoms with Crippen LogP contribution >= 0.6 is 11.6 Å². The van der Waals surface area contributed by atoms with Gasteiger partial charge in [-0.15, -0.1) is 0 Å². The van der Waals surface area contributed by atoms with Crippen LogP contribution in [0, 0.1) is 16.0 Å². The van der Waals surface area contributed by atoms with E-state index in [0.29, 0.717) is 5.56 Å². The third-order valence-corrected chi connectivity index (χ3v) is 5.61. The summed E-state index contributed by atoms with van der Waals surface area (Å²) in [7, 11) is 0. The van der Waals surface area contributed by atoms with Crippen LogP contribution in [0.3, 0.4) is 0 Å². The highest BCUT2D eigenvalue weighted by molar-refractivity contribution is 6.32. The predicted molar refractivity (Wildman–Crippen MR) is 101 cm³/mol. The number of halogens is 1. The van der Waals surface area contributed by atoms with Crippen molar-refractivity contribution in [2.24, 2.45) is 5.92 Å². The number of carbonyl (C=O) groups excluding carboxylic acids is 1. The van der Waals surface area contributed by atoms with E-state index in [1.807, 2.05) is 24.3 Å². The van der Waals surface area contributed by atoms with Crippen LogP contribution in [0.1, 0.15) is 46.8 Å². The van der Waals surface area contributed by atoms with Gasteiger partial charge in [-0.3, -0.25) is 14.9 Å². The third-order valence-electron chi connectivity index (χ3n) is 5.30. The number of carbonyl (C=O) groups is 1. The van der Waals surface area contributed by atoms with Crippen molar-refractivity contribution in [3.8, 4) is 0 Å². The fraction of sp³-hybridized carbons (Fsp3) is 0.250. The van der Waals surface area contributed by atoms with Gasteiger partial charge in [0.25, 0.3) is 5.69 Å². The number of nitro groups is 1. The molecule has 5 nitrogen and oxygen atoms in total. The lowest BCUT2D eigenvalue weighted by molar-refractivity contribution is -0.384. The summed E-state index contributed by atoms with van der Waals surface area (Å²) in [6, 6.07) is 10.6. The number of rotatable bonds is 3. The van der Waals surface area contributed by atoms with Crippen molar-refractivity contribution >= 4 is 28.8 Å². The van der Waals surface area contributed by atoms with E-state index in [2.05, 4.69) is 17.5 Å². The maximum Gasteiger partial charge on any atom is 0.288 e. The molecule has 2 aromatic carbocycles. The molecule has 132 valence electrons. The van der Waals surface area contributed by atoms with E-state index in [1.165, 1.54) is 0 Å². The normalized spacial score (nSPS) is 23.1. The molecule has 2 aromatic rings. The zero-order valence-corrected chi connectivity index (χ0v) is 14.9. The first kappa shape index (κ1) is 16.8. The highest BCUT2D eigenvalue weighted by Crippen LogP contribution is 2.50. The molecule has 0 radical (unpaired) electrons. The SMILES string of the molecule is CC(=O)c1ccc2c(c1)[C@@H]1C=CC[C@@H]1[C@@H](c1ccc(Cl)c([N+](=O)[O-])c1)N2. The second-order valence-corrected chi connectivity index (χ2v) is 7.21. The summed E-state index contributed by atoms with van der Waals surface area (Å²) in [5.74, 6) is 0.470. The lowest BCUT2D eigenvalue weighted by atomic mass is 9.76. The Morgan fingerprint density at radius 2 is 2.08 bits per heavy atom. The van der Waals surface area contributed by atoms with Gasteiger partial charge >= 0.3 is 0 Å². The van der Waals surface area contributed by atoms with Crippen LogP contribution in [-0.2, 0) is 0 Å². The fourth-order valence-electron chi connectivity index (χ4n) is 4.01. The predicted octanol–water partition coefficient (Wildman–Crippen LogP) is 5.28. The van der Waals surface area contributed by atoms with Gasteiger partial charge in [0.15, 0.2) is 5.78 Å². The van der Waals surface area contributed by atoms with Crippen molar-refractivity contribution in [1.29, 1.82) is 0 Å². The van der Waals surface area contributed by atoms with Gasteiger partial charge in [-0.05, 0) is 54.7 Å². The summed E-state index contributed by atoms with van der Waals surface area (Å²) >= 11 is 5.96. The molecule has 0 amide bonds. The maximum absolute atomic E-state index is 11.7. The number of benzene rings is 2. The van der Waals surface area contributed by atoms with Gasteiger partial charge in [0, 0.05) is 23.2 Å². The maximum atomic E-state index is 11.7. The Hall–Kier alpha value is -2.66. The minimum absolute atomic E-state index is 0.0433. The highest BCUT2D eigenvalue weighted by Gasteiger charge is 2.38. The highest BCUT2D eigenvalue weighted by atomic mass is 35.5. The number of nitrogens with one attached hydrogen (secondary N) is 1. The van der Waals surface area contributed by atoms with E-state index in [9.17, 15) is 14.9 Å². The molecule has 6 heteroatoms. The molecule has 0 fully saturated rings. The lowest BCUT2D eigenvalue weighted by Crippen LogP contribution is -2.29. The third kappa shape index (κ3) is 2.69. The van der Waals surface area contributed by atoms with Gasteiger partial charge in [-0.25, -0.2) is 0 Å². The van der Waals surface area contributed by atoms with Crippen LogP contribution < -0.4 is 5.32 Å². The van der Waals surface area contributed by atoms with Gasteiger partial charge in [-0.2, -0.15) is 0 Å². The van der Waals surface area contributed by atoms with Gasteiger partial charge in [-0.1, -0.05) is 29.8 Å². The van der Waals surface area contributed by atoms with E-state index in [0.717, 1.165) is 23.2 Å². The van der Waals surface area contributed by atoms with E-state index in [4.69, 9.17) is 11.6 Å². The van der Waals surface area contributed by atoms with Crippen LogP contribution in [0.15, 0.2) is 48.6 Å². The van der Waals surface area contributed by atoms with Gasteiger partial charge in [0.1, 0.15) is 5.02 Å². The summed E-state index contributed by atoms with van der Waals surface area (Å²) in [6.45, 7) is 1.57. The Balaban J connectivity index is 1.78. The fourth-order valence-corrected chi connectivity index (χ4v) is 4.19. The number of anilines is 1. The number of Topliss-reactive ketones (excluding diaryl/α,β-unsaturated/α-hetero) is 1. The van der Waals surface area contributed by atoms with E-state index >= 15 is 0 Å². The van der Waals surface area contributed by atoms with Crippen molar-refractivity contribution in [2.45, 2.75) is 25.3 Å². The standard InChI is InChI=1S/C20H17ClN2O3/c1-11(24)12-6-8-18-16(9-12)14-3-2-4-15(14)20(22-18)13-5-7-17(21)19(10-13)23(25)26/h2-3,5-10,14-15,20,22H,4H2,1H3/t14-,15+,20-/m1/s1. The number of hydrogen-bond donors (Lipinski definition) is 1. The first-order chi connectivity index (χ1) is 12.5. The lowest BCUT2D eigenvalue weighted by Gasteiger charge is -2.37. The Kier molecular flexibility index (Phi) is 4.04. The van der Waals surface area contributed by atoms with Crippen LogP contribution in [0.5, 0.6) is 0 Å². The zero-order chi connectivity index (χ0) is 18.4. The van der Waals surface area contributed by atoms with Crippen LogP contribution in [0.4, 0.5) is 11.4 Å². The average molecular weight is 369 g/mol. The molecule has 1 aliphatic heterocycles.